The second kappa shape index (κ2) is 6.30. The van der Waals surface area contributed by atoms with E-state index in [1.165, 1.54) is 38.9 Å². The quantitative estimate of drug-likeness (QED) is 0.721. The van der Waals surface area contributed by atoms with Crippen LogP contribution < -0.4 is 0 Å². The average Bonchev–Trinajstić information content (AvgIpc) is 2.61. The normalized spacial score (nSPS) is 24.9. The summed E-state index contributed by atoms with van der Waals surface area (Å²) in [5.41, 5.74) is 0.393. The van der Waals surface area contributed by atoms with Crippen LogP contribution in [0.4, 0.5) is 0 Å². The van der Waals surface area contributed by atoms with Crippen LogP contribution in [-0.2, 0) is 0 Å². The molecule has 16 heavy (non-hydrogen) atoms. The molecule has 0 saturated carbocycles. The first-order valence-electron chi connectivity index (χ1n) is 6.80. The molecule has 1 heterocycles. The molecule has 2 unspecified atom stereocenters. The van der Waals surface area contributed by atoms with E-state index >= 15 is 0 Å². The van der Waals surface area contributed by atoms with Gasteiger partial charge < -0.3 is 4.90 Å². The Kier molecular flexibility index (Phi) is 5.66. The van der Waals surface area contributed by atoms with Crippen molar-refractivity contribution in [2.24, 2.45) is 17.3 Å². The summed E-state index contributed by atoms with van der Waals surface area (Å²) in [4.78, 5) is 2.66. The zero-order valence-electron chi connectivity index (χ0n) is 11.5. The van der Waals surface area contributed by atoms with E-state index < -0.39 is 0 Å². The van der Waals surface area contributed by atoms with E-state index in [9.17, 15) is 0 Å². The van der Waals surface area contributed by atoms with Gasteiger partial charge in [0.05, 0.1) is 0 Å². The van der Waals surface area contributed by atoms with Crippen LogP contribution >= 0.6 is 12.6 Å². The minimum absolute atomic E-state index is 0.393. The summed E-state index contributed by atoms with van der Waals surface area (Å²) in [5.74, 6) is 2.69. The highest BCUT2D eigenvalue weighted by Gasteiger charge is 2.29. The Morgan fingerprint density at radius 1 is 1.38 bits per heavy atom. The van der Waals surface area contributed by atoms with E-state index in [0.29, 0.717) is 5.41 Å². The molecule has 0 aliphatic carbocycles. The molecule has 2 atom stereocenters. The smallest absolute Gasteiger partial charge is 0.00226 e. The molecular formula is C14H29NS. The minimum Gasteiger partial charge on any atom is -0.303 e. The standard InChI is InChI=1S/C14H29NS/c1-5-6-12-7-8-15(9-12)10-13(11-16)14(2,3)4/h12-13,16H,5-11H2,1-4H3. The van der Waals surface area contributed by atoms with Gasteiger partial charge in [0.1, 0.15) is 0 Å². The van der Waals surface area contributed by atoms with Gasteiger partial charge in [-0.15, -0.1) is 0 Å². The Morgan fingerprint density at radius 2 is 2.06 bits per heavy atom. The van der Waals surface area contributed by atoms with Crippen LogP contribution in [0.15, 0.2) is 0 Å². The number of nitrogens with zero attached hydrogens (tertiary/aromatic N) is 1. The topological polar surface area (TPSA) is 3.24 Å². The van der Waals surface area contributed by atoms with E-state index in [-0.39, 0.29) is 0 Å². The molecule has 2 heteroatoms. The number of hydrogen-bond acceptors (Lipinski definition) is 2. The van der Waals surface area contributed by atoms with Crippen molar-refractivity contribution in [3.63, 3.8) is 0 Å². The van der Waals surface area contributed by atoms with Gasteiger partial charge in [-0.05, 0) is 42.4 Å². The summed E-state index contributed by atoms with van der Waals surface area (Å²) in [6.45, 7) is 13.2. The zero-order valence-corrected chi connectivity index (χ0v) is 12.4. The van der Waals surface area contributed by atoms with E-state index in [1.807, 2.05) is 0 Å². The Labute approximate surface area is 107 Å². The van der Waals surface area contributed by atoms with Crippen LogP contribution in [-0.4, -0.2) is 30.3 Å². The maximum absolute atomic E-state index is 4.52. The maximum Gasteiger partial charge on any atom is 0.00226 e. The first kappa shape index (κ1) is 14.4. The predicted molar refractivity (Wildman–Crippen MR) is 76.3 cm³/mol. The molecule has 0 aromatic carbocycles. The predicted octanol–water partition coefficient (Wildman–Crippen LogP) is 3.70. The molecule has 1 aliphatic heterocycles. The first-order valence-corrected chi connectivity index (χ1v) is 7.43. The van der Waals surface area contributed by atoms with Gasteiger partial charge >= 0.3 is 0 Å². The average molecular weight is 243 g/mol. The van der Waals surface area contributed by atoms with Gasteiger partial charge in [0.25, 0.3) is 0 Å². The number of thiol groups is 1. The van der Waals surface area contributed by atoms with Crippen molar-refractivity contribution in [1.82, 2.24) is 4.90 Å². The Balaban J connectivity index is 2.37. The van der Waals surface area contributed by atoms with Crippen molar-refractivity contribution in [2.75, 3.05) is 25.4 Å². The second-order valence-corrected chi connectivity index (χ2v) is 6.81. The fourth-order valence-corrected chi connectivity index (χ4v) is 3.30. The molecule has 1 aliphatic rings. The Bertz CT molecular complexity index is 197. The molecule has 0 amide bonds. The third-order valence-corrected chi connectivity index (χ3v) is 4.43. The van der Waals surface area contributed by atoms with Crippen LogP contribution in [0.25, 0.3) is 0 Å². The van der Waals surface area contributed by atoms with Crippen LogP contribution in [0, 0.1) is 17.3 Å². The van der Waals surface area contributed by atoms with Gasteiger partial charge in [-0.2, -0.15) is 12.6 Å². The molecule has 0 aromatic rings. The summed E-state index contributed by atoms with van der Waals surface area (Å²) in [5, 5.41) is 0. The van der Waals surface area contributed by atoms with Gasteiger partial charge in [0.2, 0.25) is 0 Å². The molecule has 0 spiro atoms. The van der Waals surface area contributed by atoms with E-state index in [0.717, 1.165) is 17.6 Å². The number of likely N-dealkylation sites (tertiary alicyclic amines) is 1. The monoisotopic (exact) mass is 243 g/mol. The molecule has 1 nitrogen and oxygen atoms in total. The van der Waals surface area contributed by atoms with Crippen LogP contribution in [0.5, 0.6) is 0 Å². The van der Waals surface area contributed by atoms with Crippen molar-refractivity contribution >= 4 is 12.6 Å². The largest absolute Gasteiger partial charge is 0.303 e. The SMILES string of the molecule is CCCC1CCN(CC(CS)C(C)(C)C)C1. The molecule has 0 aromatic heterocycles. The highest BCUT2D eigenvalue weighted by atomic mass is 32.1. The third-order valence-electron chi connectivity index (χ3n) is 3.99. The molecule has 1 saturated heterocycles. The minimum atomic E-state index is 0.393. The van der Waals surface area contributed by atoms with Crippen LogP contribution in [0.1, 0.15) is 47.0 Å². The van der Waals surface area contributed by atoms with Crippen molar-refractivity contribution in [2.45, 2.75) is 47.0 Å². The summed E-state index contributed by atoms with van der Waals surface area (Å²) in [6, 6.07) is 0. The molecule has 1 rings (SSSR count). The Hall–Kier alpha value is 0.310. The molecule has 96 valence electrons. The van der Waals surface area contributed by atoms with E-state index in [4.69, 9.17) is 0 Å². The van der Waals surface area contributed by atoms with Crippen LogP contribution in [0.3, 0.4) is 0 Å². The van der Waals surface area contributed by atoms with Gasteiger partial charge in [0.15, 0.2) is 0 Å². The van der Waals surface area contributed by atoms with Crippen molar-refractivity contribution in [1.29, 1.82) is 0 Å². The third kappa shape index (κ3) is 4.29. The lowest BCUT2D eigenvalue weighted by atomic mass is 9.81. The summed E-state index contributed by atoms with van der Waals surface area (Å²) in [6.07, 6.45) is 4.17. The van der Waals surface area contributed by atoms with Crippen molar-refractivity contribution in [3.05, 3.63) is 0 Å². The molecule has 0 N–H and O–H groups in total. The Morgan fingerprint density at radius 3 is 2.56 bits per heavy atom. The lowest BCUT2D eigenvalue weighted by molar-refractivity contribution is 0.182. The fourth-order valence-electron chi connectivity index (χ4n) is 2.64. The molecule has 1 fully saturated rings. The first-order chi connectivity index (χ1) is 7.47. The second-order valence-electron chi connectivity index (χ2n) is 6.45. The lowest BCUT2D eigenvalue weighted by Gasteiger charge is -2.33. The maximum atomic E-state index is 4.52. The fraction of sp³-hybridized carbons (Fsp3) is 1.00. The summed E-state index contributed by atoms with van der Waals surface area (Å²) >= 11 is 4.52. The highest BCUT2D eigenvalue weighted by molar-refractivity contribution is 7.80. The number of rotatable bonds is 5. The van der Waals surface area contributed by atoms with Gasteiger partial charge in [-0.3, -0.25) is 0 Å². The number of hydrogen-bond donors (Lipinski definition) is 1. The van der Waals surface area contributed by atoms with Gasteiger partial charge in [0, 0.05) is 13.1 Å². The molecular weight excluding hydrogens is 214 g/mol. The lowest BCUT2D eigenvalue weighted by Crippen LogP contribution is -2.35. The molecule has 0 bridgehead atoms. The van der Waals surface area contributed by atoms with Crippen molar-refractivity contribution < 1.29 is 0 Å². The highest BCUT2D eigenvalue weighted by Crippen LogP contribution is 2.30. The van der Waals surface area contributed by atoms with Crippen LogP contribution in [0.2, 0.25) is 0 Å². The van der Waals surface area contributed by atoms with E-state index in [1.54, 1.807) is 0 Å². The van der Waals surface area contributed by atoms with E-state index in [2.05, 4.69) is 45.2 Å². The van der Waals surface area contributed by atoms with Gasteiger partial charge in [-0.1, -0.05) is 34.1 Å². The zero-order chi connectivity index (χ0) is 12.2. The summed E-state index contributed by atoms with van der Waals surface area (Å²) < 4.78 is 0. The summed E-state index contributed by atoms with van der Waals surface area (Å²) in [7, 11) is 0. The molecule has 0 radical (unpaired) electrons. The van der Waals surface area contributed by atoms with Gasteiger partial charge in [-0.25, -0.2) is 0 Å². The van der Waals surface area contributed by atoms with Crippen molar-refractivity contribution in [3.8, 4) is 0 Å².